The minimum atomic E-state index is -1.50. The SMILES string of the molecule is O.O.O.O.O.O=C=O.O=C=O.[CH3][Al][CH3].[OH3+].[O]=[Al][OH]. The zero-order valence-corrected chi connectivity index (χ0v) is 12.0. The maximum absolute atomic E-state index is 8.57. The van der Waals surface area contributed by atoms with Crippen LogP contribution in [0.4, 0.5) is 0 Å². The van der Waals surface area contributed by atoms with E-state index in [4.69, 9.17) is 27.1 Å². The van der Waals surface area contributed by atoms with Crippen molar-refractivity contribution in [3.8, 4) is 0 Å². The molecule has 0 heterocycles. The zero-order chi connectivity index (χ0) is 10.8. The molecular weight excluding hydrogens is 294 g/mol. The van der Waals surface area contributed by atoms with Gasteiger partial charge in [0.15, 0.2) is 15.2 Å². The molecule has 14 N–H and O–H groups in total. The van der Waals surface area contributed by atoms with Crippen LogP contribution in [0, 0.1) is 0 Å². The molecule has 0 amide bonds. The molecule has 0 rings (SSSR count). The van der Waals surface area contributed by atoms with Crippen molar-refractivity contribution in [3.63, 3.8) is 0 Å². The van der Waals surface area contributed by atoms with Crippen LogP contribution in [0.15, 0.2) is 0 Å². The summed E-state index contributed by atoms with van der Waals surface area (Å²) >= 11 is -0.750. The van der Waals surface area contributed by atoms with Crippen molar-refractivity contribution in [1.29, 1.82) is 0 Å². The van der Waals surface area contributed by atoms with Crippen molar-refractivity contribution in [1.82, 2.24) is 0 Å². The Bertz CT molecular complexity index is 116. The molecule has 0 spiro atoms. The van der Waals surface area contributed by atoms with Crippen LogP contribution in [0.2, 0.25) is 11.6 Å². The van der Waals surface area contributed by atoms with Crippen LogP contribution in [-0.2, 0) is 28.5 Å². The maximum atomic E-state index is 8.57. The quantitative estimate of drug-likeness (QED) is 0.334. The Labute approximate surface area is 115 Å². The predicted molar refractivity (Wildman–Crippen MR) is 59.1 cm³/mol. The van der Waals surface area contributed by atoms with E-state index in [0.29, 0.717) is 0 Å². The van der Waals surface area contributed by atoms with Gasteiger partial charge < -0.3 is 32.9 Å². The Morgan fingerprint density at radius 1 is 0.778 bits per heavy atom. The standard InChI is InChI=1S/2CO2.2CH3.2Al.7H2O.O/c2*2-1-3;;;;;;;;;;;;/h;;2*1H3;;;7*1H2;/q;;;;;+1;;;;;;;;. The molecule has 1 radical (unpaired) electrons. The van der Waals surface area contributed by atoms with Crippen LogP contribution in [-0.4, -0.2) is 74.5 Å². The molecule has 0 atom stereocenters. The molecule has 113 valence electrons. The average molecular weight is 314 g/mol. The van der Waals surface area contributed by atoms with Crippen LogP contribution >= 0.6 is 0 Å². The van der Waals surface area contributed by atoms with Crippen molar-refractivity contribution in [2.75, 3.05) is 0 Å². The third kappa shape index (κ3) is 4600. The molecule has 0 aliphatic heterocycles. The van der Waals surface area contributed by atoms with E-state index < -0.39 is 15.5 Å². The zero-order valence-electron chi connectivity index (χ0n) is 9.72. The molecule has 0 aromatic rings. The van der Waals surface area contributed by atoms with Gasteiger partial charge in [-0.2, -0.15) is 19.2 Å². The van der Waals surface area contributed by atoms with E-state index >= 15 is 0 Å². The van der Waals surface area contributed by atoms with Gasteiger partial charge >= 0.3 is 35.8 Å². The van der Waals surface area contributed by atoms with Crippen LogP contribution in [0.3, 0.4) is 0 Å². The van der Waals surface area contributed by atoms with Gasteiger partial charge in [0.25, 0.3) is 0 Å². The predicted octanol–water partition coefficient (Wildman–Crippen LogP) is -6.48. The molecule has 0 saturated carbocycles. The number of rotatable bonds is 0. The fourth-order valence-corrected chi connectivity index (χ4v) is 0. The van der Waals surface area contributed by atoms with E-state index in [0.717, 1.165) is 15.2 Å². The molecular formula is C4H20Al2O12+. The van der Waals surface area contributed by atoms with Gasteiger partial charge in [-0.25, -0.2) is 0 Å². The van der Waals surface area contributed by atoms with Gasteiger partial charge in [0, 0.05) is 0 Å². The summed E-state index contributed by atoms with van der Waals surface area (Å²) in [4.78, 5) is 32.5. The Balaban J connectivity index is -0.00000000533. The molecule has 0 unspecified atom stereocenters. The van der Waals surface area contributed by atoms with E-state index in [2.05, 4.69) is 11.6 Å². The minimum absolute atomic E-state index is 0. The summed E-state index contributed by atoms with van der Waals surface area (Å²) < 4.78 is 15.7. The molecule has 0 aromatic heterocycles. The van der Waals surface area contributed by atoms with Gasteiger partial charge in [-0.1, -0.05) is 0 Å². The van der Waals surface area contributed by atoms with E-state index in [1.807, 2.05) is 0 Å². The van der Waals surface area contributed by atoms with Crippen LogP contribution < -0.4 is 0 Å². The second-order valence-electron chi connectivity index (χ2n) is 0.849. The summed E-state index contributed by atoms with van der Waals surface area (Å²) in [5.74, 6) is 4.42. The van der Waals surface area contributed by atoms with Gasteiger partial charge in [0.1, 0.15) is 0 Å². The molecule has 0 aliphatic carbocycles. The summed E-state index contributed by atoms with van der Waals surface area (Å²) in [6.45, 7) is 0. The van der Waals surface area contributed by atoms with E-state index in [-0.39, 0.29) is 45.2 Å². The summed E-state index contributed by atoms with van der Waals surface area (Å²) in [6.07, 6.45) is 0.500. The van der Waals surface area contributed by atoms with E-state index in [1.54, 1.807) is 0 Å². The molecule has 0 bridgehead atoms. The summed E-state index contributed by atoms with van der Waals surface area (Å²) in [5.41, 5.74) is 0. The van der Waals surface area contributed by atoms with Gasteiger partial charge in [-0.3, -0.25) is 0 Å². The number of carbonyl (C=O) groups excluding carboxylic acids is 4. The fraction of sp³-hybridized carbons (Fsp3) is 0.500. The molecule has 0 fully saturated rings. The molecule has 0 aromatic carbocycles. The van der Waals surface area contributed by atoms with Crippen molar-refractivity contribution in [2.24, 2.45) is 0 Å². The Hall–Kier alpha value is -0.815. The number of hydrogen-bond acceptors (Lipinski definition) is 5. The van der Waals surface area contributed by atoms with Crippen molar-refractivity contribution in [2.45, 2.75) is 11.6 Å². The third-order valence-corrected chi connectivity index (χ3v) is 0. The Morgan fingerprint density at radius 3 is 0.778 bits per heavy atom. The average Bonchev–Trinajstić information content (AvgIpc) is 1.92. The second-order valence-corrected chi connectivity index (χ2v) is 2.21. The third-order valence-electron chi connectivity index (χ3n) is 0. The fourth-order valence-electron chi connectivity index (χ4n) is 0. The van der Waals surface area contributed by atoms with Gasteiger partial charge in [0.2, 0.25) is 0 Å². The first kappa shape index (κ1) is 87.2. The summed E-state index contributed by atoms with van der Waals surface area (Å²) in [5, 5.41) is 0. The first-order valence-corrected chi connectivity index (χ1v) is 5.76. The van der Waals surface area contributed by atoms with E-state index in [9.17, 15) is 0 Å². The van der Waals surface area contributed by atoms with Crippen molar-refractivity contribution in [3.05, 3.63) is 0 Å². The van der Waals surface area contributed by atoms with Gasteiger partial charge in [-0.15, -0.1) is 11.6 Å². The monoisotopic (exact) mass is 314 g/mol. The van der Waals surface area contributed by atoms with Gasteiger partial charge in [-0.05, 0) is 0 Å². The summed E-state index contributed by atoms with van der Waals surface area (Å²) in [7, 11) is 0. The second kappa shape index (κ2) is 368. The van der Waals surface area contributed by atoms with Gasteiger partial charge in [0.05, 0.1) is 0 Å². The van der Waals surface area contributed by atoms with Crippen LogP contribution in [0.1, 0.15) is 0 Å². The van der Waals surface area contributed by atoms with E-state index in [1.165, 1.54) is 0 Å². The first-order chi connectivity index (χ1) is 5.66. The summed E-state index contributed by atoms with van der Waals surface area (Å²) in [6, 6.07) is 0. The van der Waals surface area contributed by atoms with Crippen LogP contribution in [0.25, 0.3) is 0 Å². The Kier molecular flexibility index (Phi) is 1780. The first-order valence-electron chi connectivity index (χ1n) is 2.47. The topological polar surface area (TPSA) is 296 Å². The molecule has 12 nitrogen and oxygen atoms in total. The van der Waals surface area contributed by atoms with Crippen molar-refractivity contribution < 1.29 is 60.0 Å². The van der Waals surface area contributed by atoms with Crippen molar-refractivity contribution >= 4 is 43.0 Å². The molecule has 0 saturated heterocycles. The molecule has 14 heteroatoms. The molecule has 0 aliphatic rings. The number of hydrogen-bond donors (Lipinski definition) is 1. The molecule has 18 heavy (non-hydrogen) atoms. The Morgan fingerprint density at radius 2 is 0.778 bits per heavy atom. The normalized spacial score (nSPS) is 2.11. The van der Waals surface area contributed by atoms with Crippen LogP contribution in [0.5, 0.6) is 0 Å².